The molecule has 1 aromatic carbocycles. The highest BCUT2D eigenvalue weighted by atomic mass is 32.2. The van der Waals surface area contributed by atoms with Crippen molar-refractivity contribution >= 4 is 17.7 Å². The van der Waals surface area contributed by atoms with Gasteiger partial charge in [0.2, 0.25) is 0 Å². The number of hydrogen-bond donors (Lipinski definition) is 0. The fourth-order valence-corrected chi connectivity index (χ4v) is 2.03. The number of thioether (sulfide) groups is 1. The Morgan fingerprint density at radius 2 is 1.81 bits per heavy atom. The van der Waals surface area contributed by atoms with Gasteiger partial charge in [0.15, 0.2) is 0 Å². The van der Waals surface area contributed by atoms with Crippen molar-refractivity contribution in [1.82, 2.24) is 0 Å². The van der Waals surface area contributed by atoms with Crippen LogP contribution in [0.2, 0.25) is 0 Å². The van der Waals surface area contributed by atoms with E-state index in [4.69, 9.17) is 5.26 Å². The summed E-state index contributed by atoms with van der Waals surface area (Å²) in [5, 5.41) is 8.72. The lowest BCUT2D eigenvalue weighted by Gasteiger charge is -2.15. The number of hydrogen-bond acceptors (Lipinski definition) is 4. The first-order chi connectivity index (χ1) is 9.49. The van der Waals surface area contributed by atoms with E-state index in [2.05, 4.69) is 4.74 Å². The molecule has 0 fully saturated rings. The minimum Gasteiger partial charge on any atom is -0.465 e. The fourth-order valence-electron chi connectivity index (χ4n) is 1.39. The van der Waals surface area contributed by atoms with Crippen LogP contribution in [0.15, 0.2) is 17.0 Å². The van der Waals surface area contributed by atoms with Crippen LogP contribution in [0.1, 0.15) is 21.5 Å². The SMILES string of the molecule is COC(=O)c1cc(C#N)c(SC(F)(F)F)cc1C(F)(F)F. The molecular formula is C11H5F6NO2S. The number of carbonyl (C=O) groups excluding carboxylic acids is 1. The van der Waals surface area contributed by atoms with Crippen LogP contribution in [0.4, 0.5) is 26.3 Å². The third kappa shape index (κ3) is 4.29. The van der Waals surface area contributed by atoms with Crippen molar-refractivity contribution < 1.29 is 35.9 Å². The number of alkyl halides is 6. The third-order valence-corrected chi connectivity index (χ3v) is 2.97. The summed E-state index contributed by atoms with van der Waals surface area (Å²) >= 11 is -0.864. The number of nitrogens with zero attached hydrogens (tertiary/aromatic N) is 1. The van der Waals surface area contributed by atoms with E-state index in [1.54, 1.807) is 0 Å². The van der Waals surface area contributed by atoms with Crippen LogP contribution in [0.5, 0.6) is 0 Å². The average Bonchev–Trinajstić information content (AvgIpc) is 2.34. The van der Waals surface area contributed by atoms with Crippen LogP contribution < -0.4 is 0 Å². The lowest BCUT2D eigenvalue weighted by molar-refractivity contribution is -0.138. The minimum absolute atomic E-state index is 0.114. The van der Waals surface area contributed by atoms with E-state index in [9.17, 15) is 31.1 Å². The van der Waals surface area contributed by atoms with Crippen LogP contribution in [0.3, 0.4) is 0 Å². The molecule has 3 nitrogen and oxygen atoms in total. The third-order valence-electron chi connectivity index (χ3n) is 2.18. The van der Waals surface area contributed by atoms with Gasteiger partial charge < -0.3 is 4.74 Å². The molecule has 0 atom stereocenters. The van der Waals surface area contributed by atoms with E-state index >= 15 is 0 Å². The smallest absolute Gasteiger partial charge is 0.446 e. The molecule has 1 rings (SSSR count). The van der Waals surface area contributed by atoms with Gasteiger partial charge in [0.1, 0.15) is 6.07 Å². The number of halogens is 6. The van der Waals surface area contributed by atoms with Gasteiger partial charge in [-0.1, -0.05) is 0 Å². The molecule has 0 saturated carbocycles. The number of methoxy groups -OCH3 is 1. The maximum Gasteiger partial charge on any atom is 0.446 e. The molecule has 21 heavy (non-hydrogen) atoms. The second-order valence-electron chi connectivity index (χ2n) is 3.54. The Kier molecular flexibility index (Phi) is 4.78. The number of esters is 1. The van der Waals surface area contributed by atoms with E-state index < -0.39 is 51.0 Å². The zero-order chi connectivity index (χ0) is 16.4. The fraction of sp³-hybridized carbons (Fsp3) is 0.273. The van der Waals surface area contributed by atoms with Gasteiger partial charge >= 0.3 is 17.7 Å². The summed E-state index contributed by atoms with van der Waals surface area (Å²) in [7, 11) is 0.812. The van der Waals surface area contributed by atoms with E-state index in [0.717, 1.165) is 7.11 Å². The largest absolute Gasteiger partial charge is 0.465 e. The highest BCUT2D eigenvalue weighted by molar-refractivity contribution is 8.00. The summed E-state index contributed by atoms with van der Waals surface area (Å²) in [5.41, 5.74) is -8.19. The summed E-state index contributed by atoms with van der Waals surface area (Å²) in [6.45, 7) is 0. The topological polar surface area (TPSA) is 50.1 Å². The van der Waals surface area contributed by atoms with Crippen molar-refractivity contribution in [2.75, 3.05) is 7.11 Å². The van der Waals surface area contributed by atoms with Gasteiger partial charge in [0, 0.05) is 4.90 Å². The molecule has 0 aromatic heterocycles. The summed E-state index contributed by atoms with van der Waals surface area (Å²) in [6, 6.07) is 1.87. The van der Waals surface area contributed by atoms with Crippen molar-refractivity contribution in [2.45, 2.75) is 16.6 Å². The molecule has 0 aliphatic heterocycles. The lowest BCUT2D eigenvalue weighted by atomic mass is 10.0. The first-order valence-electron chi connectivity index (χ1n) is 4.99. The van der Waals surface area contributed by atoms with Crippen molar-refractivity contribution in [1.29, 1.82) is 5.26 Å². The normalized spacial score (nSPS) is 11.9. The minimum atomic E-state index is -5.07. The molecule has 0 saturated heterocycles. The van der Waals surface area contributed by atoms with Gasteiger partial charge in [-0.05, 0) is 23.9 Å². The maximum absolute atomic E-state index is 12.8. The second kappa shape index (κ2) is 5.85. The summed E-state index contributed by atoms with van der Waals surface area (Å²) in [5.74, 6) is -1.40. The number of rotatable bonds is 2. The molecular weight excluding hydrogens is 324 g/mol. The number of ether oxygens (including phenoxy) is 1. The van der Waals surface area contributed by atoms with Crippen molar-refractivity contribution in [3.8, 4) is 6.07 Å². The van der Waals surface area contributed by atoms with Crippen molar-refractivity contribution in [3.05, 3.63) is 28.8 Å². The Balaban J connectivity index is 3.57. The Hall–Kier alpha value is -1.89. The van der Waals surface area contributed by atoms with E-state index in [1.165, 1.54) is 6.07 Å². The highest BCUT2D eigenvalue weighted by Crippen LogP contribution is 2.42. The van der Waals surface area contributed by atoms with E-state index in [0.29, 0.717) is 6.07 Å². The molecule has 0 radical (unpaired) electrons. The molecule has 0 unspecified atom stereocenters. The molecule has 114 valence electrons. The van der Waals surface area contributed by atoms with Crippen molar-refractivity contribution in [2.24, 2.45) is 0 Å². The second-order valence-corrected chi connectivity index (χ2v) is 4.65. The zero-order valence-corrected chi connectivity index (χ0v) is 10.9. The van der Waals surface area contributed by atoms with Crippen LogP contribution in [0, 0.1) is 11.3 Å². The maximum atomic E-state index is 12.8. The molecule has 10 heteroatoms. The first kappa shape index (κ1) is 17.2. The van der Waals surface area contributed by atoms with Gasteiger partial charge in [0.25, 0.3) is 0 Å². The Labute approximate surface area is 118 Å². The first-order valence-corrected chi connectivity index (χ1v) is 5.80. The number of carbonyl (C=O) groups is 1. The summed E-state index contributed by atoms with van der Waals surface area (Å²) in [6.07, 6.45) is -5.07. The molecule has 1 aromatic rings. The average molecular weight is 329 g/mol. The molecule has 0 amide bonds. The van der Waals surface area contributed by atoms with Gasteiger partial charge in [-0.15, -0.1) is 0 Å². The standard InChI is InChI=1S/C11H5F6NO2S/c1-20-9(19)6-2-5(4-18)8(21-11(15,16)17)3-7(6)10(12,13)14/h2-3H,1H3. The van der Waals surface area contributed by atoms with Crippen LogP contribution >= 0.6 is 11.8 Å². The predicted molar refractivity (Wildman–Crippen MR) is 59.4 cm³/mol. The van der Waals surface area contributed by atoms with Gasteiger partial charge in [-0.25, -0.2) is 4.79 Å². The van der Waals surface area contributed by atoms with Crippen molar-refractivity contribution in [3.63, 3.8) is 0 Å². The Morgan fingerprint density at radius 1 is 1.24 bits per heavy atom. The predicted octanol–water partition coefficient (Wildman–Crippen LogP) is 3.98. The van der Waals surface area contributed by atoms with Crippen LogP contribution in [-0.4, -0.2) is 18.6 Å². The van der Waals surface area contributed by atoms with E-state index in [1.807, 2.05) is 0 Å². The molecule has 0 heterocycles. The molecule has 0 spiro atoms. The molecule has 0 bridgehead atoms. The van der Waals surface area contributed by atoms with Gasteiger partial charge in [-0.3, -0.25) is 0 Å². The Bertz CT molecular complexity index is 602. The lowest BCUT2D eigenvalue weighted by Crippen LogP contribution is -2.15. The number of benzene rings is 1. The zero-order valence-electron chi connectivity index (χ0n) is 10.1. The number of nitriles is 1. The quantitative estimate of drug-likeness (QED) is 0.468. The van der Waals surface area contributed by atoms with Gasteiger partial charge in [0.05, 0.1) is 23.8 Å². The molecule has 0 aliphatic rings. The summed E-state index contributed by atoms with van der Waals surface area (Å²) < 4.78 is 79.4. The van der Waals surface area contributed by atoms with Gasteiger partial charge in [-0.2, -0.15) is 31.6 Å². The molecule has 0 aliphatic carbocycles. The van der Waals surface area contributed by atoms with E-state index in [-0.39, 0.29) is 6.07 Å². The Morgan fingerprint density at radius 3 is 2.19 bits per heavy atom. The van der Waals surface area contributed by atoms with Crippen LogP contribution in [0.25, 0.3) is 0 Å². The summed E-state index contributed by atoms with van der Waals surface area (Å²) in [4.78, 5) is 10.3. The highest BCUT2D eigenvalue weighted by Gasteiger charge is 2.38. The van der Waals surface area contributed by atoms with Crippen LogP contribution in [-0.2, 0) is 10.9 Å². The monoisotopic (exact) mass is 329 g/mol. The molecule has 0 N–H and O–H groups in total.